The molecule has 0 saturated heterocycles. The van der Waals surface area contributed by atoms with E-state index in [4.69, 9.17) is 5.11 Å². The molecule has 0 unspecified atom stereocenters. The van der Waals surface area contributed by atoms with Crippen molar-refractivity contribution >= 4 is 15.8 Å². The Morgan fingerprint density at radius 1 is 1.11 bits per heavy atom. The zero-order valence-corrected chi connectivity index (χ0v) is 12.2. The molecule has 5 nitrogen and oxygen atoms in total. The van der Waals surface area contributed by atoms with Gasteiger partial charge in [0.2, 0.25) is 9.84 Å². The Bertz CT molecular complexity index is 569. The van der Waals surface area contributed by atoms with E-state index >= 15 is 0 Å². The predicted octanol–water partition coefficient (Wildman–Crippen LogP) is 0.828. The maximum absolute atomic E-state index is 11.3. The molecule has 0 radical (unpaired) electrons. The minimum Gasteiger partial charge on any atom is -0.472 e. The van der Waals surface area contributed by atoms with Crippen LogP contribution in [-0.2, 0) is 14.6 Å². The zero-order valence-electron chi connectivity index (χ0n) is 11.4. The third-order valence-electron chi connectivity index (χ3n) is 1.35. The van der Waals surface area contributed by atoms with Crippen molar-refractivity contribution in [2.75, 3.05) is 28.2 Å². The Morgan fingerprint density at radius 3 is 1.89 bits per heavy atom. The average molecular weight is 284 g/mol. The van der Waals surface area contributed by atoms with E-state index in [0.29, 0.717) is 0 Å². The molecule has 1 rings (SSSR count). The van der Waals surface area contributed by atoms with E-state index in [1.807, 2.05) is 0 Å². The number of carboxylic acids is 1. The number of hydrogen-bond acceptors (Lipinski definition) is 3. The molecule has 1 N–H and O–H groups in total. The van der Waals surface area contributed by atoms with Crippen molar-refractivity contribution in [1.82, 2.24) is 0 Å². The van der Waals surface area contributed by atoms with Gasteiger partial charge in [0.05, 0.1) is 33.1 Å². The van der Waals surface area contributed by atoms with E-state index < -0.39 is 15.8 Å². The van der Waals surface area contributed by atoms with Crippen LogP contribution in [0.5, 0.6) is 0 Å². The molecule has 6 heteroatoms. The molecule has 0 spiro atoms. The standard InChI is InChI=1S/C9H6O4S.C4H12N/c10-9(11)6-7-14(12,13)8-4-2-1-3-5-8;1-5(2,3)4/h1-5H,(H,10,11);1-4H3/q;+1. The molecule has 19 heavy (non-hydrogen) atoms. The normalized spacial score (nSPS) is 10.5. The maximum Gasteiger partial charge on any atom is 0.382 e. The molecule has 104 valence electrons. The van der Waals surface area contributed by atoms with E-state index in [2.05, 4.69) is 28.2 Å². The van der Waals surface area contributed by atoms with Gasteiger partial charge in [-0.1, -0.05) is 18.2 Å². The summed E-state index contributed by atoms with van der Waals surface area (Å²) in [5.41, 5.74) is 0. The Hall–Kier alpha value is -1.84. The van der Waals surface area contributed by atoms with Crippen molar-refractivity contribution in [2.24, 2.45) is 0 Å². The molecule has 0 aliphatic carbocycles. The summed E-state index contributed by atoms with van der Waals surface area (Å²) in [6, 6.07) is 7.44. The molecule has 1 aromatic rings. The van der Waals surface area contributed by atoms with Crippen molar-refractivity contribution < 1.29 is 22.8 Å². The van der Waals surface area contributed by atoms with Crippen LogP contribution in [0.15, 0.2) is 35.2 Å². The number of carbonyl (C=O) groups is 1. The van der Waals surface area contributed by atoms with Crippen molar-refractivity contribution in [1.29, 1.82) is 0 Å². The Morgan fingerprint density at radius 2 is 1.53 bits per heavy atom. The summed E-state index contributed by atoms with van der Waals surface area (Å²) in [5.74, 6) is 0.0949. The first kappa shape index (κ1) is 17.2. The van der Waals surface area contributed by atoms with E-state index in [1.165, 1.54) is 24.3 Å². The summed E-state index contributed by atoms with van der Waals surface area (Å²) < 4.78 is 23.6. The molecule has 0 aliphatic rings. The van der Waals surface area contributed by atoms with Crippen LogP contribution in [0.1, 0.15) is 0 Å². The maximum atomic E-state index is 11.3. The SMILES string of the molecule is C[N+](C)(C)C.O=C(O)C#CS(=O)(=O)c1ccccc1. The largest absolute Gasteiger partial charge is 0.472 e. The van der Waals surface area contributed by atoms with Crippen molar-refractivity contribution in [3.05, 3.63) is 30.3 Å². The van der Waals surface area contributed by atoms with Crippen LogP contribution in [0.25, 0.3) is 0 Å². The fourth-order valence-corrected chi connectivity index (χ4v) is 1.62. The van der Waals surface area contributed by atoms with Crippen molar-refractivity contribution in [2.45, 2.75) is 4.90 Å². The molecular formula is C13H18NO4S+. The van der Waals surface area contributed by atoms with Gasteiger partial charge in [0.15, 0.2) is 0 Å². The van der Waals surface area contributed by atoms with Crippen LogP contribution in [-0.4, -0.2) is 52.2 Å². The second kappa shape index (κ2) is 6.92. The lowest BCUT2D eigenvalue weighted by Gasteiger charge is -2.14. The molecule has 0 heterocycles. The highest BCUT2D eigenvalue weighted by atomic mass is 32.2. The van der Waals surface area contributed by atoms with E-state index in [0.717, 1.165) is 4.48 Å². The summed E-state index contributed by atoms with van der Waals surface area (Å²) in [6.45, 7) is 0. The Labute approximate surface area is 114 Å². The van der Waals surface area contributed by atoms with Gasteiger partial charge in [0, 0.05) is 11.2 Å². The number of sulfone groups is 1. The van der Waals surface area contributed by atoms with Gasteiger partial charge in [-0.05, 0) is 12.1 Å². The summed E-state index contributed by atoms with van der Waals surface area (Å²) >= 11 is 0. The second-order valence-electron chi connectivity index (χ2n) is 5.03. The van der Waals surface area contributed by atoms with Crippen LogP contribution in [0.2, 0.25) is 0 Å². The smallest absolute Gasteiger partial charge is 0.382 e. The third-order valence-corrected chi connectivity index (χ3v) is 2.61. The lowest BCUT2D eigenvalue weighted by atomic mass is 10.4. The van der Waals surface area contributed by atoms with Gasteiger partial charge in [-0.25, -0.2) is 13.2 Å². The van der Waals surface area contributed by atoms with Gasteiger partial charge in [-0.15, -0.1) is 0 Å². The summed E-state index contributed by atoms with van der Waals surface area (Å²) in [5, 5.41) is 9.88. The number of hydrogen-bond donors (Lipinski definition) is 1. The average Bonchev–Trinajstić information content (AvgIpc) is 2.26. The van der Waals surface area contributed by atoms with E-state index in [1.54, 1.807) is 17.2 Å². The van der Waals surface area contributed by atoms with E-state index in [-0.39, 0.29) is 4.90 Å². The Kier molecular flexibility index (Phi) is 6.25. The Balaban J connectivity index is 0.000000555. The summed E-state index contributed by atoms with van der Waals surface area (Å²) in [7, 11) is 4.70. The quantitative estimate of drug-likeness (QED) is 0.471. The number of rotatable bonds is 1. The van der Waals surface area contributed by atoms with Crippen LogP contribution in [0, 0.1) is 11.2 Å². The minimum absolute atomic E-state index is 0.00579. The molecule has 0 aliphatic heterocycles. The highest BCUT2D eigenvalue weighted by molar-refractivity contribution is 7.96. The van der Waals surface area contributed by atoms with Crippen molar-refractivity contribution in [3.8, 4) is 11.2 Å². The first-order valence-corrected chi connectivity index (χ1v) is 6.85. The number of carboxylic acid groups (broad SMARTS) is 1. The molecule has 0 bridgehead atoms. The van der Waals surface area contributed by atoms with E-state index in [9.17, 15) is 13.2 Å². The first-order chi connectivity index (χ1) is 8.52. The van der Waals surface area contributed by atoms with Gasteiger partial charge in [-0.3, -0.25) is 0 Å². The fourth-order valence-electron chi connectivity index (χ4n) is 0.769. The van der Waals surface area contributed by atoms with Gasteiger partial charge < -0.3 is 9.59 Å². The zero-order chi connectivity index (χ0) is 15.1. The van der Waals surface area contributed by atoms with Gasteiger partial charge in [0.25, 0.3) is 0 Å². The molecule has 0 atom stereocenters. The highest BCUT2D eigenvalue weighted by Crippen LogP contribution is 2.07. The number of benzene rings is 1. The molecule has 0 amide bonds. The predicted molar refractivity (Wildman–Crippen MR) is 73.0 cm³/mol. The lowest BCUT2D eigenvalue weighted by molar-refractivity contribution is -0.849. The van der Waals surface area contributed by atoms with Crippen LogP contribution < -0.4 is 0 Å². The number of aliphatic carboxylic acids is 1. The van der Waals surface area contributed by atoms with Crippen LogP contribution in [0.4, 0.5) is 0 Å². The molecule has 1 aromatic carbocycles. The minimum atomic E-state index is -3.80. The highest BCUT2D eigenvalue weighted by Gasteiger charge is 2.09. The van der Waals surface area contributed by atoms with Gasteiger partial charge >= 0.3 is 5.97 Å². The van der Waals surface area contributed by atoms with Crippen molar-refractivity contribution in [3.63, 3.8) is 0 Å². The number of quaternary nitrogens is 1. The second-order valence-corrected chi connectivity index (χ2v) is 6.71. The third kappa shape index (κ3) is 9.83. The van der Waals surface area contributed by atoms with Crippen LogP contribution in [0.3, 0.4) is 0 Å². The lowest BCUT2D eigenvalue weighted by Crippen LogP contribution is -2.27. The molecule has 0 fully saturated rings. The summed E-state index contributed by atoms with van der Waals surface area (Å²) in [6.07, 6.45) is 0. The molecular weight excluding hydrogens is 266 g/mol. The molecule has 0 aromatic heterocycles. The monoisotopic (exact) mass is 284 g/mol. The topological polar surface area (TPSA) is 71.4 Å². The van der Waals surface area contributed by atoms with Gasteiger partial charge in [0.1, 0.15) is 0 Å². The molecule has 0 saturated carbocycles. The van der Waals surface area contributed by atoms with Crippen LogP contribution >= 0.6 is 0 Å². The number of nitrogens with zero attached hydrogens (tertiary/aromatic N) is 1. The summed E-state index contributed by atoms with van der Waals surface area (Å²) in [4.78, 5) is 10.0. The van der Waals surface area contributed by atoms with Gasteiger partial charge in [-0.2, -0.15) is 0 Å². The first-order valence-electron chi connectivity index (χ1n) is 5.37. The fraction of sp³-hybridized carbons (Fsp3) is 0.308.